The summed E-state index contributed by atoms with van der Waals surface area (Å²) in [5, 5.41) is 0. The van der Waals surface area contributed by atoms with E-state index in [-0.39, 0.29) is 17.7 Å². The number of hydrogen-bond donors (Lipinski definition) is 1. The summed E-state index contributed by atoms with van der Waals surface area (Å²) in [5.41, 5.74) is 7.85. The van der Waals surface area contributed by atoms with E-state index in [0.717, 1.165) is 61.9 Å². The van der Waals surface area contributed by atoms with Crippen molar-refractivity contribution in [1.29, 1.82) is 0 Å². The number of anilines is 1. The van der Waals surface area contributed by atoms with Crippen LogP contribution in [0, 0.1) is 11.7 Å². The normalized spacial score (nSPS) is 18.8. The van der Waals surface area contributed by atoms with Gasteiger partial charge in [-0.15, -0.1) is 0 Å². The molecule has 2 aliphatic rings. The lowest BCUT2D eigenvalue weighted by atomic mass is 9.84. The van der Waals surface area contributed by atoms with Gasteiger partial charge in [-0.1, -0.05) is 31.2 Å². The number of ether oxygens (including phenoxy) is 2. The minimum Gasteiger partial charge on any atom is -0.486 e. The Morgan fingerprint density at radius 2 is 1.77 bits per heavy atom. The molecule has 5 nitrogen and oxygen atoms in total. The van der Waals surface area contributed by atoms with Gasteiger partial charge in [0.15, 0.2) is 11.5 Å². The van der Waals surface area contributed by atoms with Crippen LogP contribution in [0.3, 0.4) is 0 Å². The maximum atomic E-state index is 14.4. The Morgan fingerprint density at radius 3 is 2.53 bits per heavy atom. The van der Waals surface area contributed by atoms with Gasteiger partial charge < -0.3 is 20.1 Å². The van der Waals surface area contributed by atoms with Crippen LogP contribution in [0.4, 0.5) is 10.1 Å². The maximum absolute atomic E-state index is 14.4. The monoisotopic (exact) mass is 413 g/mol. The molecule has 162 valence electrons. The lowest BCUT2D eigenvalue weighted by Crippen LogP contribution is -2.47. The average molecular weight is 414 g/mol. The number of halogens is 1. The van der Waals surface area contributed by atoms with Crippen LogP contribution in [0.25, 0.3) is 0 Å². The topological polar surface area (TPSA) is 51.0 Å². The molecule has 0 radical (unpaired) electrons. The number of benzene rings is 2. The molecule has 2 atom stereocenters. The first kappa shape index (κ1) is 20.9. The molecule has 0 aliphatic carbocycles. The number of rotatable bonds is 7. The fraction of sp³-hybridized carbons (Fsp3) is 0.500. The fourth-order valence-electron chi connectivity index (χ4n) is 4.53. The molecule has 0 bridgehead atoms. The van der Waals surface area contributed by atoms with E-state index in [1.807, 2.05) is 24.3 Å². The largest absolute Gasteiger partial charge is 0.486 e. The van der Waals surface area contributed by atoms with Crippen molar-refractivity contribution in [1.82, 2.24) is 4.90 Å². The molecule has 0 aromatic heterocycles. The van der Waals surface area contributed by atoms with Gasteiger partial charge in [0.1, 0.15) is 19.0 Å². The second kappa shape index (κ2) is 9.67. The summed E-state index contributed by atoms with van der Waals surface area (Å²) in [7, 11) is 0. The zero-order valence-corrected chi connectivity index (χ0v) is 17.7. The summed E-state index contributed by atoms with van der Waals surface area (Å²) in [4.78, 5) is 4.85. The van der Waals surface area contributed by atoms with Crippen LogP contribution in [0.1, 0.15) is 24.8 Å². The Balaban J connectivity index is 1.36. The molecule has 4 rings (SSSR count). The number of piperazine rings is 1. The van der Waals surface area contributed by atoms with Crippen molar-refractivity contribution in [2.24, 2.45) is 11.7 Å². The Labute approximate surface area is 178 Å². The van der Waals surface area contributed by atoms with E-state index in [0.29, 0.717) is 19.8 Å². The van der Waals surface area contributed by atoms with Gasteiger partial charge in [0, 0.05) is 26.2 Å². The number of fused-ring (bicyclic) bond motifs is 1. The van der Waals surface area contributed by atoms with E-state index in [4.69, 9.17) is 15.2 Å². The van der Waals surface area contributed by atoms with Crippen molar-refractivity contribution < 1.29 is 13.9 Å². The first-order valence-electron chi connectivity index (χ1n) is 11.0. The predicted molar refractivity (Wildman–Crippen MR) is 118 cm³/mol. The van der Waals surface area contributed by atoms with Crippen LogP contribution in [0.2, 0.25) is 0 Å². The molecule has 0 spiro atoms. The molecule has 1 fully saturated rings. The average Bonchev–Trinajstić information content (AvgIpc) is 2.80. The van der Waals surface area contributed by atoms with Crippen LogP contribution >= 0.6 is 0 Å². The summed E-state index contributed by atoms with van der Waals surface area (Å²) >= 11 is 0. The predicted octanol–water partition coefficient (Wildman–Crippen LogP) is 3.49. The third-order valence-corrected chi connectivity index (χ3v) is 6.38. The molecule has 6 heteroatoms. The van der Waals surface area contributed by atoms with E-state index >= 15 is 0 Å². The highest BCUT2D eigenvalue weighted by Crippen LogP contribution is 2.39. The highest BCUT2D eigenvalue weighted by atomic mass is 19.1. The molecule has 2 aromatic carbocycles. The zero-order valence-electron chi connectivity index (χ0n) is 17.7. The van der Waals surface area contributed by atoms with Crippen molar-refractivity contribution in [3.05, 3.63) is 53.8 Å². The van der Waals surface area contributed by atoms with Gasteiger partial charge in [0.05, 0.1) is 5.69 Å². The van der Waals surface area contributed by atoms with Gasteiger partial charge in [-0.2, -0.15) is 0 Å². The number of nitrogens with zero attached hydrogens (tertiary/aromatic N) is 2. The van der Waals surface area contributed by atoms with Crippen LogP contribution in [-0.4, -0.2) is 57.4 Å². The van der Waals surface area contributed by atoms with Gasteiger partial charge in [-0.25, -0.2) is 4.39 Å². The van der Waals surface area contributed by atoms with Gasteiger partial charge in [0.2, 0.25) is 0 Å². The van der Waals surface area contributed by atoms with Gasteiger partial charge in [-0.3, -0.25) is 4.90 Å². The van der Waals surface area contributed by atoms with Crippen molar-refractivity contribution >= 4 is 5.69 Å². The van der Waals surface area contributed by atoms with Crippen molar-refractivity contribution in [2.75, 3.05) is 57.4 Å². The second-order valence-electron chi connectivity index (χ2n) is 8.26. The second-order valence-corrected chi connectivity index (χ2v) is 8.26. The lowest BCUT2D eigenvalue weighted by Gasteiger charge is -2.38. The summed E-state index contributed by atoms with van der Waals surface area (Å²) in [6.07, 6.45) is 0.914. The molecule has 2 N–H and O–H groups in total. The lowest BCUT2D eigenvalue weighted by molar-refractivity contribution is 0.171. The van der Waals surface area contributed by atoms with Crippen LogP contribution in [0.15, 0.2) is 42.5 Å². The molecule has 2 aliphatic heterocycles. The van der Waals surface area contributed by atoms with E-state index in [1.54, 1.807) is 12.1 Å². The summed E-state index contributed by atoms with van der Waals surface area (Å²) < 4.78 is 26.0. The molecule has 0 unspecified atom stereocenters. The molecule has 30 heavy (non-hydrogen) atoms. The number of hydrogen-bond acceptors (Lipinski definition) is 5. The summed E-state index contributed by atoms with van der Waals surface area (Å²) in [5.74, 6) is 1.97. The molecular formula is C24H32FN3O2. The van der Waals surface area contributed by atoms with Gasteiger partial charge >= 0.3 is 0 Å². The molecular weight excluding hydrogens is 381 g/mol. The van der Waals surface area contributed by atoms with E-state index in [1.165, 1.54) is 0 Å². The van der Waals surface area contributed by atoms with Crippen LogP contribution < -0.4 is 20.1 Å². The van der Waals surface area contributed by atoms with Crippen LogP contribution in [-0.2, 0) is 0 Å². The highest BCUT2D eigenvalue weighted by molar-refractivity contribution is 5.65. The van der Waals surface area contributed by atoms with Gasteiger partial charge in [-0.05, 0) is 55.1 Å². The molecule has 1 saturated heterocycles. The molecule has 0 saturated carbocycles. The smallest absolute Gasteiger partial charge is 0.184 e. The minimum absolute atomic E-state index is 0.122. The fourth-order valence-corrected chi connectivity index (χ4v) is 4.53. The van der Waals surface area contributed by atoms with Crippen LogP contribution in [0.5, 0.6) is 11.5 Å². The van der Waals surface area contributed by atoms with E-state index in [2.05, 4.69) is 22.8 Å². The summed E-state index contributed by atoms with van der Waals surface area (Å²) in [6, 6.07) is 13.2. The van der Waals surface area contributed by atoms with E-state index in [9.17, 15) is 4.39 Å². The van der Waals surface area contributed by atoms with Crippen molar-refractivity contribution in [3.63, 3.8) is 0 Å². The first-order valence-corrected chi connectivity index (χ1v) is 11.0. The minimum atomic E-state index is -0.122. The zero-order chi connectivity index (χ0) is 20.9. The Bertz CT molecular complexity index is 839. The van der Waals surface area contributed by atoms with Crippen molar-refractivity contribution in [2.45, 2.75) is 19.3 Å². The maximum Gasteiger partial charge on any atom is 0.184 e. The Hall–Kier alpha value is -2.31. The Kier molecular flexibility index (Phi) is 6.75. The highest BCUT2D eigenvalue weighted by Gasteiger charge is 2.26. The number of nitrogens with two attached hydrogens (primary N) is 1. The standard InChI is InChI=1S/C24H32FN3O2/c1-18(17-26)19(20-5-2-3-6-21(20)25)9-10-27-11-13-28(14-12-27)22-7-4-8-23-24(22)30-16-15-29-23/h2-8,18-19H,9-17,26H2,1H3/t18-,19+/m0/s1. The molecule has 2 heterocycles. The first-order chi connectivity index (χ1) is 14.7. The third kappa shape index (κ3) is 4.55. The quantitative estimate of drug-likeness (QED) is 0.753. The van der Waals surface area contributed by atoms with E-state index < -0.39 is 0 Å². The summed E-state index contributed by atoms with van der Waals surface area (Å²) in [6.45, 7) is 8.67. The SMILES string of the molecule is C[C@@H](CN)[C@@H](CCN1CCN(c2cccc3c2OCCO3)CC1)c1ccccc1F. The molecule has 0 amide bonds. The van der Waals surface area contributed by atoms with Gasteiger partial charge in [0.25, 0.3) is 0 Å². The Morgan fingerprint density at radius 1 is 1.00 bits per heavy atom. The molecule has 2 aromatic rings. The number of para-hydroxylation sites is 1. The van der Waals surface area contributed by atoms with Crippen molar-refractivity contribution in [3.8, 4) is 11.5 Å². The third-order valence-electron chi connectivity index (χ3n) is 6.38.